The topological polar surface area (TPSA) is 50.2 Å². The van der Waals surface area contributed by atoms with Gasteiger partial charge in [-0.2, -0.15) is 5.10 Å². The molecule has 0 aliphatic carbocycles. The Kier molecular flexibility index (Phi) is 5.97. The maximum atomic E-state index is 12.9. The van der Waals surface area contributed by atoms with Crippen LogP contribution in [0.3, 0.4) is 0 Å². The Labute approximate surface area is 176 Å². The number of nitrogens with zero attached hydrogens (tertiary/aromatic N) is 3. The lowest BCUT2D eigenvalue weighted by atomic mass is 10.2. The summed E-state index contributed by atoms with van der Waals surface area (Å²) < 4.78 is 1.69. The summed E-state index contributed by atoms with van der Waals surface area (Å²) in [6, 6.07) is 20.5. The second-order valence-electron chi connectivity index (χ2n) is 7.57. The number of halogens is 1. The van der Waals surface area contributed by atoms with Gasteiger partial charge in [0.25, 0.3) is 5.91 Å². The van der Waals surface area contributed by atoms with E-state index in [1.165, 1.54) is 5.56 Å². The number of aromatic nitrogens is 2. The van der Waals surface area contributed by atoms with E-state index >= 15 is 0 Å². The van der Waals surface area contributed by atoms with Gasteiger partial charge in [0, 0.05) is 25.7 Å². The SMILES string of the molecule is Cc1nn(Cc2ccccc2)c(Cl)c1C(=O)N[C@H]1CCN(Cc2ccccc2)C1. The first-order valence-corrected chi connectivity index (χ1v) is 10.3. The van der Waals surface area contributed by atoms with Crippen LogP contribution in [-0.4, -0.2) is 39.7 Å². The van der Waals surface area contributed by atoms with E-state index in [0.717, 1.165) is 31.6 Å². The van der Waals surface area contributed by atoms with E-state index in [9.17, 15) is 4.79 Å². The largest absolute Gasteiger partial charge is 0.348 e. The summed E-state index contributed by atoms with van der Waals surface area (Å²) in [6.07, 6.45) is 0.938. The van der Waals surface area contributed by atoms with Crippen LogP contribution in [-0.2, 0) is 13.1 Å². The number of hydrogen-bond acceptors (Lipinski definition) is 3. The normalized spacial score (nSPS) is 16.8. The summed E-state index contributed by atoms with van der Waals surface area (Å²) >= 11 is 6.53. The maximum Gasteiger partial charge on any atom is 0.256 e. The van der Waals surface area contributed by atoms with Crippen LogP contribution >= 0.6 is 11.6 Å². The summed E-state index contributed by atoms with van der Waals surface area (Å²) in [5, 5.41) is 8.03. The van der Waals surface area contributed by atoms with Crippen molar-refractivity contribution in [2.75, 3.05) is 13.1 Å². The third-order valence-electron chi connectivity index (χ3n) is 5.32. The summed E-state index contributed by atoms with van der Waals surface area (Å²) in [6.45, 7) is 5.10. The minimum absolute atomic E-state index is 0.124. The van der Waals surface area contributed by atoms with Crippen molar-refractivity contribution < 1.29 is 4.79 Å². The average Bonchev–Trinajstić information content (AvgIpc) is 3.27. The molecule has 4 rings (SSSR count). The van der Waals surface area contributed by atoms with Crippen molar-refractivity contribution in [3.63, 3.8) is 0 Å². The van der Waals surface area contributed by atoms with Crippen LogP contribution in [0, 0.1) is 6.92 Å². The zero-order valence-electron chi connectivity index (χ0n) is 16.5. The lowest BCUT2D eigenvalue weighted by Gasteiger charge is -2.17. The van der Waals surface area contributed by atoms with Crippen molar-refractivity contribution in [2.24, 2.45) is 0 Å². The number of amides is 1. The highest BCUT2D eigenvalue weighted by molar-refractivity contribution is 6.33. The van der Waals surface area contributed by atoms with Gasteiger partial charge < -0.3 is 5.32 Å². The zero-order chi connectivity index (χ0) is 20.2. The van der Waals surface area contributed by atoms with Crippen LogP contribution in [0.15, 0.2) is 60.7 Å². The number of rotatable bonds is 6. The fraction of sp³-hybridized carbons (Fsp3) is 0.304. The lowest BCUT2D eigenvalue weighted by molar-refractivity contribution is 0.0937. The first-order chi connectivity index (χ1) is 14.1. The summed E-state index contributed by atoms with van der Waals surface area (Å²) in [5.41, 5.74) is 3.52. The minimum atomic E-state index is -0.140. The van der Waals surface area contributed by atoms with Crippen LogP contribution in [0.1, 0.15) is 33.6 Å². The minimum Gasteiger partial charge on any atom is -0.348 e. The molecule has 1 amide bonds. The number of carbonyl (C=O) groups is 1. The molecule has 29 heavy (non-hydrogen) atoms. The van der Waals surface area contributed by atoms with Crippen molar-refractivity contribution in [1.82, 2.24) is 20.0 Å². The summed E-state index contributed by atoms with van der Waals surface area (Å²) in [4.78, 5) is 15.3. The summed E-state index contributed by atoms with van der Waals surface area (Å²) in [5.74, 6) is -0.140. The number of likely N-dealkylation sites (tertiary alicyclic amines) is 1. The second kappa shape index (κ2) is 8.80. The van der Waals surface area contributed by atoms with Crippen molar-refractivity contribution >= 4 is 17.5 Å². The monoisotopic (exact) mass is 408 g/mol. The van der Waals surface area contributed by atoms with Crippen LogP contribution in [0.25, 0.3) is 0 Å². The number of carbonyl (C=O) groups excluding carboxylic acids is 1. The van der Waals surface area contributed by atoms with Gasteiger partial charge in [-0.25, -0.2) is 4.68 Å². The molecule has 2 heterocycles. The van der Waals surface area contributed by atoms with Gasteiger partial charge in [0.1, 0.15) is 5.15 Å². The predicted molar refractivity (Wildman–Crippen MR) is 115 cm³/mol. The summed E-state index contributed by atoms with van der Waals surface area (Å²) in [7, 11) is 0. The molecule has 0 saturated carbocycles. The van der Waals surface area contributed by atoms with E-state index in [0.29, 0.717) is 23.0 Å². The van der Waals surface area contributed by atoms with E-state index in [1.807, 2.05) is 43.3 Å². The standard InChI is InChI=1S/C23H25ClN4O/c1-17-21(22(24)28(26-17)15-19-10-6-3-7-11-19)23(29)25-20-12-13-27(16-20)14-18-8-4-2-5-9-18/h2-11,20H,12-16H2,1H3,(H,25,29)/t20-/m0/s1. The van der Waals surface area contributed by atoms with E-state index in [-0.39, 0.29) is 11.9 Å². The van der Waals surface area contributed by atoms with E-state index in [4.69, 9.17) is 11.6 Å². The Morgan fingerprint density at radius 2 is 1.69 bits per heavy atom. The number of benzene rings is 2. The van der Waals surface area contributed by atoms with Crippen LogP contribution in [0.2, 0.25) is 5.15 Å². The van der Waals surface area contributed by atoms with Gasteiger partial charge in [-0.3, -0.25) is 9.69 Å². The molecule has 0 bridgehead atoms. The molecule has 0 unspecified atom stereocenters. The van der Waals surface area contributed by atoms with Gasteiger partial charge >= 0.3 is 0 Å². The zero-order valence-corrected chi connectivity index (χ0v) is 17.3. The van der Waals surface area contributed by atoms with Crippen molar-refractivity contribution in [3.05, 3.63) is 88.2 Å². The van der Waals surface area contributed by atoms with Gasteiger partial charge in [0.05, 0.1) is 17.8 Å². The van der Waals surface area contributed by atoms with Crippen molar-refractivity contribution in [1.29, 1.82) is 0 Å². The molecule has 1 saturated heterocycles. The second-order valence-corrected chi connectivity index (χ2v) is 7.93. The van der Waals surface area contributed by atoms with Crippen LogP contribution in [0.5, 0.6) is 0 Å². The highest BCUT2D eigenvalue weighted by Crippen LogP contribution is 2.22. The molecule has 0 spiro atoms. The molecular formula is C23H25ClN4O. The number of hydrogen-bond donors (Lipinski definition) is 1. The van der Waals surface area contributed by atoms with Crippen molar-refractivity contribution in [3.8, 4) is 0 Å². The maximum absolute atomic E-state index is 12.9. The molecule has 5 nitrogen and oxygen atoms in total. The van der Waals surface area contributed by atoms with Gasteiger partial charge in [-0.15, -0.1) is 0 Å². The molecular weight excluding hydrogens is 384 g/mol. The number of aryl methyl sites for hydroxylation is 1. The molecule has 1 fully saturated rings. The first-order valence-electron chi connectivity index (χ1n) is 9.94. The molecule has 0 radical (unpaired) electrons. The molecule has 2 aromatic carbocycles. The molecule has 1 aliphatic heterocycles. The van der Waals surface area contributed by atoms with E-state index in [1.54, 1.807) is 4.68 Å². The fourth-order valence-electron chi connectivity index (χ4n) is 3.87. The Morgan fingerprint density at radius 1 is 1.07 bits per heavy atom. The quantitative estimate of drug-likeness (QED) is 0.673. The molecule has 3 aromatic rings. The Hall–Kier alpha value is -2.63. The molecule has 1 atom stereocenters. The van der Waals surface area contributed by atoms with Gasteiger partial charge in [0.2, 0.25) is 0 Å². The van der Waals surface area contributed by atoms with E-state index in [2.05, 4.69) is 39.6 Å². The first kappa shape index (κ1) is 19.7. The third kappa shape index (κ3) is 4.69. The third-order valence-corrected chi connectivity index (χ3v) is 5.71. The van der Waals surface area contributed by atoms with Gasteiger partial charge in [0.15, 0.2) is 0 Å². The molecule has 150 valence electrons. The van der Waals surface area contributed by atoms with Crippen molar-refractivity contribution in [2.45, 2.75) is 32.5 Å². The molecule has 1 N–H and O–H groups in total. The Morgan fingerprint density at radius 3 is 2.34 bits per heavy atom. The Balaban J connectivity index is 1.39. The highest BCUT2D eigenvalue weighted by Gasteiger charge is 2.27. The van der Waals surface area contributed by atoms with Crippen LogP contribution < -0.4 is 5.32 Å². The van der Waals surface area contributed by atoms with Gasteiger partial charge in [-0.1, -0.05) is 72.3 Å². The fourth-order valence-corrected chi connectivity index (χ4v) is 4.19. The average molecular weight is 409 g/mol. The van der Waals surface area contributed by atoms with Gasteiger partial charge in [-0.05, 0) is 24.5 Å². The Bertz CT molecular complexity index is 971. The van der Waals surface area contributed by atoms with E-state index < -0.39 is 0 Å². The smallest absolute Gasteiger partial charge is 0.256 e. The molecule has 6 heteroatoms. The highest BCUT2D eigenvalue weighted by atomic mass is 35.5. The van der Waals surface area contributed by atoms with Crippen LogP contribution in [0.4, 0.5) is 0 Å². The molecule has 1 aliphatic rings. The predicted octanol–water partition coefficient (Wildman–Crippen LogP) is 3.90. The number of nitrogens with one attached hydrogen (secondary N) is 1. The lowest BCUT2D eigenvalue weighted by Crippen LogP contribution is -2.37. The molecule has 1 aromatic heterocycles.